The number of hydrogen-bond donors (Lipinski definition) is 1. The third kappa shape index (κ3) is 3.60. The average Bonchev–Trinajstić information content (AvgIpc) is 2.64. The molecule has 0 radical (unpaired) electrons. The zero-order valence-corrected chi connectivity index (χ0v) is 17.4. The highest BCUT2D eigenvalue weighted by atomic mass is 79.9. The van der Waals surface area contributed by atoms with E-state index in [1.165, 1.54) is 5.56 Å². The Kier molecular flexibility index (Phi) is 5.89. The predicted octanol–water partition coefficient (Wildman–Crippen LogP) is 6.10. The maximum atomic E-state index is 9.18. The molecule has 0 aliphatic rings. The molecule has 132 valence electrons. The smallest absolute Gasteiger partial charge is 0.0520 e. The lowest BCUT2D eigenvalue weighted by molar-refractivity contribution is 0.319. The summed E-state index contributed by atoms with van der Waals surface area (Å²) >= 11 is 7.14. The van der Waals surface area contributed by atoms with Crippen molar-refractivity contribution in [3.8, 4) is 0 Å². The normalized spacial score (nSPS) is 13.7. The fraction of sp³-hybridized carbons (Fsp3) is 0.143. The molecule has 0 aliphatic carbocycles. The molecule has 3 rings (SSSR count). The van der Waals surface area contributed by atoms with Crippen molar-refractivity contribution < 1.29 is 5.21 Å². The van der Waals surface area contributed by atoms with E-state index in [0.717, 1.165) is 25.6 Å². The van der Waals surface area contributed by atoms with E-state index in [9.17, 15) is 5.21 Å². The molecular weight excluding hydrogens is 456 g/mol. The minimum absolute atomic E-state index is 0.503. The number of rotatable bonds is 5. The Bertz CT molecular complexity index is 895. The summed E-state index contributed by atoms with van der Waals surface area (Å²) in [5, 5.41) is 12.5. The summed E-state index contributed by atoms with van der Waals surface area (Å²) in [4.78, 5) is 4.40. The summed E-state index contributed by atoms with van der Waals surface area (Å²) in [5.41, 5.74) is 3.91. The van der Waals surface area contributed by atoms with Gasteiger partial charge in [0.05, 0.1) is 5.41 Å². The first-order valence-electron chi connectivity index (χ1n) is 8.17. The summed E-state index contributed by atoms with van der Waals surface area (Å²) in [6, 6.07) is 18.6. The molecule has 0 saturated carbocycles. The van der Waals surface area contributed by atoms with Crippen LogP contribution in [0.1, 0.15) is 28.7 Å². The van der Waals surface area contributed by atoms with Crippen LogP contribution in [0.15, 0.2) is 81.1 Å². The van der Waals surface area contributed by atoms with Gasteiger partial charge in [-0.2, -0.15) is 0 Å². The molecule has 0 bridgehead atoms. The molecule has 1 aromatic heterocycles. The Labute approximate surface area is 170 Å². The Balaban J connectivity index is 2.40. The van der Waals surface area contributed by atoms with E-state index in [1.807, 2.05) is 30.5 Å². The van der Waals surface area contributed by atoms with Gasteiger partial charge in [0, 0.05) is 34.0 Å². The van der Waals surface area contributed by atoms with E-state index in [2.05, 4.69) is 79.3 Å². The molecule has 3 nitrogen and oxygen atoms in total. The lowest BCUT2D eigenvalue weighted by atomic mass is 9.67. The van der Waals surface area contributed by atoms with Gasteiger partial charge in [-0.15, -0.1) is 5.16 Å². The number of pyridine rings is 1. The zero-order valence-electron chi connectivity index (χ0n) is 14.2. The van der Waals surface area contributed by atoms with Crippen LogP contribution in [0.25, 0.3) is 0 Å². The Hall–Kier alpha value is -1.98. The van der Waals surface area contributed by atoms with Crippen LogP contribution >= 0.6 is 31.9 Å². The van der Waals surface area contributed by atoms with Gasteiger partial charge in [0.1, 0.15) is 0 Å². The Morgan fingerprint density at radius 1 is 1.00 bits per heavy atom. The van der Waals surface area contributed by atoms with E-state index in [0.29, 0.717) is 6.42 Å². The molecule has 26 heavy (non-hydrogen) atoms. The number of aromatic nitrogens is 1. The van der Waals surface area contributed by atoms with E-state index in [1.54, 1.807) is 12.4 Å². The topological polar surface area (TPSA) is 45.5 Å². The number of halogens is 2. The molecule has 3 aromatic rings. The number of hydrogen-bond acceptors (Lipinski definition) is 3. The van der Waals surface area contributed by atoms with Crippen LogP contribution in [0.3, 0.4) is 0 Å². The molecule has 0 saturated heterocycles. The van der Waals surface area contributed by atoms with E-state index < -0.39 is 5.41 Å². The molecule has 0 spiro atoms. The van der Waals surface area contributed by atoms with Crippen molar-refractivity contribution in [3.05, 3.63) is 98.2 Å². The lowest BCUT2D eigenvalue weighted by Gasteiger charge is -2.36. The molecule has 0 fully saturated rings. The third-order valence-corrected chi connectivity index (χ3v) is 5.53. The van der Waals surface area contributed by atoms with Crippen molar-refractivity contribution >= 4 is 38.1 Å². The molecule has 1 N–H and O–H groups in total. The highest BCUT2D eigenvalue weighted by Crippen LogP contribution is 2.44. The maximum absolute atomic E-state index is 9.18. The standard InChI is InChI=1S/C21H18Br2N2O/c1-15-5-2-3-8-20(15)21(9-10-25-26,16-6-4-7-18(22)11-16)17-12-19(23)14-24-13-17/h2-8,10-14,26H,9H2,1H3/b25-10+. The first-order valence-corrected chi connectivity index (χ1v) is 9.75. The van der Waals surface area contributed by atoms with Gasteiger partial charge in [-0.05, 0) is 63.3 Å². The monoisotopic (exact) mass is 472 g/mol. The van der Waals surface area contributed by atoms with Crippen LogP contribution < -0.4 is 0 Å². The van der Waals surface area contributed by atoms with Crippen LogP contribution in [0, 0.1) is 6.92 Å². The van der Waals surface area contributed by atoms with Gasteiger partial charge in [-0.1, -0.05) is 52.3 Å². The quantitative estimate of drug-likeness (QED) is 0.276. The van der Waals surface area contributed by atoms with Crippen LogP contribution in [-0.2, 0) is 5.41 Å². The van der Waals surface area contributed by atoms with E-state index in [-0.39, 0.29) is 0 Å². The third-order valence-electron chi connectivity index (χ3n) is 4.60. The largest absolute Gasteiger partial charge is 0.411 e. The first-order chi connectivity index (χ1) is 12.6. The highest BCUT2D eigenvalue weighted by Gasteiger charge is 2.37. The average molecular weight is 474 g/mol. The molecule has 0 aliphatic heterocycles. The molecule has 2 aromatic carbocycles. The van der Waals surface area contributed by atoms with Crippen molar-refractivity contribution in [1.29, 1.82) is 0 Å². The molecular formula is C21H18Br2N2O. The number of aryl methyl sites for hydroxylation is 1. The summed E-state index contributed by atoms with van der Waals surface area (Å²) < 4.78 is 1.90. The summed E-state index contributed by atoms with van der Waals surface area (Å²) in [7, 11) is 0. The van der Waals surface area contributed by atoms with Gasteiger partial charge in [0.15, 0.2) is 0 Å². The lowest BCUT2D eigenvalue weighted by Crippen LogP contribution is -2.31. The van der Waals surface area contributed by atoms with E-state index >= 15 is 0 Å². The van der Waals surface area contributed by atoms with Crippen LogP contribution in [0.2, 0.25) is 0 Å². The van der Waals surface area contributed by atoms with Crippen LogP contribution in [-0.4, -0.2) is 16.4 Å². The first kappa shape index (κ1) is 18.8. The maximum Gasteiger partial charge on any atom is 0.0520 e. The second-order valence-electron chi connectivity index (χ2n) is 6.12. The van der Waals surface area contributed by atoms with Gasteiger partial charge >= 0.3 is 0 Å². The van der Waals surface area contributed by atoms with Crippen molar-refractivity contribution in [2.24, 2.45) is 5.16 Å². The van der Waals surface area contributed by atoms with Crippen molar-refractivity contribution in [2.45, 2.75) is 18.8 Å². The highest BCUT2D eigenvalue weighted by molar-refractivity contribution is 9.10. The summed E-state index contributed by atoms with van der Waals surface area (Å²) in [6.45, 7) is 2.10. The van der Waals surface area contributed by atoms with Gasteiger partial charge < -0.3 is 5.21 Å². The fourth-order valence-electron chi connectivity index (χ4n) is 3.45. The predicted molar refractivity (Wildman–Crippen MR) is 112 cm³/mol. The van der Waals surface area contributed by atoms with Crippen molar-refractivity contribution in [2.75, 3.05) is 0 Å². The zero-order chi connectivity index (χ0) is 18.6. The SMILES string of the molecule is Cc1ccccc1C(C/C=N/O)(c1cccc(Br)c1)c1cncc(Br)c1. The van der Waals surface area contributed by atoms with Gasteiger partial charge in [0.25, 0.3) is 0 Å². The van der Waals surface area contributed by atoms with E-state index in [4.69, 9.17) is 0 Å². The van der Waals surface area contributed by atoms with Crippen molar-refractivity contribution in [1.82, 2.24) is 4.98 Å². The fourth-order valence-corrected chi connectivity index (χ4v) is 4.22. The summed E-state index contributed by atoms with van der Waals surface area (Å²) in [5.74, 6) is 0. The second-order valence-corrected chi connectivity index (χ2v) is 7.96. The van der Waals surface area contributed by atoms with Crippen LogP contribution in [0.4, 0.5) is 0 Å². The molecule has 0 amide bonds. The second kappa shape index (κ2) is 8.14. The van der Waals surface area contributed by atoms with Crippen molar-refractivity contribution in [3.63, 3.8) is 0 Å². The number of oxime groups is 1. The summed E-state index contributed by atoms with van der Waals surface area (Å²) in [6.07, 6.45) is 5.70. The van der Waals surface area contributed by atoms with Crippen LogP contribution in [0.5, 0.6) is 0 Å². The minimum atomic E-state index is -0.530. The van der Waals surface area contributed by atoms with Gasteiger partial charge in [-0.3, -0.25) is 4.98 Å². The number of nitrogens with zero attached hydrogens (tertiary/aromatic N) is 2. The molecule has 1 unspecified atom stereocenters. The minimum Gasteiger partial charge on any atom is -0.411 e. The Morgan fingerprint density at radius 2 is 1.77 bits per heavy atom. The molecule has 5 heteroatoms. The molecule has 1 heterocycles. The number of benzene rings is 2. The van der Waals surface area contributed by atoms with Gasteiger partial charge in [-0.25, -0.2) is 0 Å². The Morgan fingerprint density at radius 3 is 2.46 bits per heavy atom. The molecule has 1 atom stereocenters. The van der Waals surface area contributed by atoms with Gasteiger partial charge in [0.2, 0.25) is 0 Å².